The summed E-state index contributed by atoms with van der Waals surface area (Å²) in [4.78, 5) is 0. The largest absolute Gasteiger partial charge is 0.389 e. The topological polar surface area (TPSA) is 29.5 Å². The fourth-order valence-corrected chi connectivity index (χ4v) is 3.69. The van der Waals surface area contributed by atoms with E-state index in [2.05, 4.69) is 27.7 Å². The second kappa shape index (κ2) is 4.87. The van der Waals surface area contributed by atoms with Crippen LogP contribution in [-0.2, 0) is 4.74 Å². The van der Waals surface area contributed by atoms with E-state index in [0.717, 1.165) is 30.8 Å². The third kappa shape index (κ3) is 4.27. The number of hydrogen-bond donors (Lipinski definition) is 1. The first-order valence-electron chi connectivity index (χ1n) is 6.03. The Morgan fingerprint density at radius 1 is 1.31 bits per heavy atom. The molecular formula is C13H26O2S. The van der Waals surface area contributed by atoms with E-state index in [9.17, 15) is 5.11 Å². The van der Waals surface area contributed by atoms with E-state index in [0.29, 0.717) is 0 Å². The minimum absolute atomic E-state index is 0.123. The van der Waals surface area contributed by atoms with E-state index in [-0.39, 0.29) is 11.0 Å². The molecule has 0 aliphatic carbocycles. The SMILES string of the molecule is COC(C)(C)CCC1(O)CSCC(C)(C)C1. The average Bonchev–Trinajstić information content (AvgIpc) is 2.13. The van der Waals surface area contributed by atoms with Crippen LogP contribution in [-0.4, -0.2) is 34.9 Å². The van der Waals surface area contributed by atoms with Crippen LogP contribution in [0.25, 0.3) is 0 Å². The highest BCUT2D eigenvalue weighted by molar-refractivity contribution is 7.99. The van der Waals surface area contributed by atoms with E-state index >= 15 is 0 Å². The van der Waals surface area contributed by atoms with Gasteiger partial charge in [-0.1, -0.05) is 13.8 Å². The zero-order chi connectivity index (χ0) is 12.4. The van der Waals surface area contributed by atoms with E-state index in [1.807, 2.05) is 11.8 Å². The maximum Gasteiger partial charge on any atom is 0.0744 e. The highest BCUT2D eigenvalue weighted by Gasteiger charge is 2.39. The molecule has 1 fully saturated rings. The molecule has 0 aromatic rings. The fraction of sp³-hybridized carbons (Fsp3) is 1.00. The third-order valence-electron chi connectivity index (χ3n) is 3.42. The summed E-state index contributed by atoms with van der Waals surface area (Å²) in [6, 6.07) is 0. The number of methoxy groups -OCH3 is 1. The minimum atomic E-state index is -0.498. The Morgan fingerprint density at radius 3 is 2.44 bits per heavy atom. The zero-order valence-corrected chi connectivity index (χ0v) is 12.1. The predicted octanol–water partition coefficient (Wildman–Crippen LogP) is 3.09. The van der Waals surface area contributed by atoms with Crippen LogP contribution in [0.2, 0.25) is 0 Å². The van der Waals surface area contributed by atoms with Crippen molar-refractivity contribution < 1.29 is 9.84 Å². The lowest BCUT2D eigenvalue weighted by Crippen LogP contribution is -2.43. The molecule has 3 heteroatoms. The molecule has 1 N–H and O–H groups in total. The van der Waals surface area contributed by atoms with Gasteiger partial charge in [0.05, 0.1) is 11.2 Å². The molecule has 0 bridgehead atoms. The van der Waals surface area contributed by atoms with Crippen molar-refractivity contribution in [3.8, 4) is 0 Å². The summed E-state index contributed by atoms with van der Waals surface area (Å²) in [6.07, 6.45) is 2.66. The molecule has 0 radical (unpaired) electrons. The van der Waals surface area contributed by atoms with Crippen molar-refractivity contribution >= 4 is 11.8 Å². The van der Waals surface area contributed by atoms with Crippen molar-refractivity contribution in [2.24, 2.45) is 5.41 Å². The normalized spacial score (nSPS) is 30.4. The molecule has 1 rings (SSSR count). The molecule has 1 saturated heterocycles. The van der Waals surface area contributed by atoms with Crippen LogP contribution in [0.3, 0.4) is 0 Å². The van der Waals surface area contributed by atoms with Crippen molar-refractivity contribution in [3.63, 3.8) is 0 Å². The van der Waals surface area contributed by atoms with Crippen LogP contribution < -0.4 is 0 Å². The van der Waals surface area contributed by atoms with Crippen LogP contribution in [0.4, 0.5) is 0 Å². The second-order valence-corrected chi connectivity index (χ2v) is 7.51. The molecule has 0 aromatic heterocycles. The minimum Gasteiger partial charge on any atom is -0.389 e. The third-order valence-corrected chi connectivity index (χ3v) is 5.14. The maximum atomic E-state index is 10.6. The first-order chi connectivity index (χ1) is 7.18. The summed E-state index contributed by atoms with van der Waals surface area (Å²) in [5.41, 5.74) is -0.362. The van der Waals surface area contributed by atoms with Gasteiger partial charge in [-0.15, -0.1) is 0 Å². The Labute approximate surface area is 104 Å². The van der Waals surface area contributed by atoms with Gasteiger partial charge in [0.15, 0.2) is 0 Å². The van der Waals surface area contributed by atoms with Gasteiger partial charge in [0.2, 0.25) is 0 Å². The van der Waals surface area contributed by atoms with Crippen molar-refractivity contribution in [1.82, 2.24) is 0 Å². The molecule has 1 aliphatic heterocycles. The molecule has 1 aliphatic rings. The summed E-state index contributed by atoms with van der Waals surface area (Å²) < 4.78 is 5.41. The van der Waals surface area contributed by atoms with Gasteiger partial charge in [-0.05, 0) is 44.3 Å². The smallest absolute Gasteiger partial charge is 0.0744 e. The summed E-state index contributed by atoms with van der Waals surface area (Å²) in [5.74, 6) is 2.03. The predicted molar refractivity (Wildman–Crippen MR) is 71.0 cm³/mol. The number of hydrogen-bond acceptors (Lipinski definition) is 3. The van der Waals surface area contributed by atoms with Crippen LogP contribution in [0.15, 0.2) is 0 Å². The van der Waals surface area contributed by atoms with Crippen molar-refractivity contribution in [3.05, 3.63) is 0 Å². The van der Waals surface area contributed by atoms with Gasteiger partial charge >= 0.3 is 0 Å². The Morgan fingerprint density at radius 2 is 1.94 bits per heavy atom. The Balaban J connectivity index is 2.52. The van der Waals surface area contributed by atoms with Gasteiger partial charge < -0.3 is 9.84 Å². The molecule has 0 spiro atoms. The molecule has 0 amide bonds. The van der Waals surface area contributed by atoms with Gasteiger partial charge in [-0.3, -0.25) is 0 Å². The van der Waals surface area contributed by atoms with E-state index in [4.69, 9.17) is 4.74 Å². The molecule has 1 atom stereocenters. The molecule has 0 aromatic carbocycles. The maximum absolute atomic E-state index is 10.6. The van der Waals surface area contributed by atoms with Gasteiger partial charge in [-0.2, -0.15) is 11.8 Å². The van der Waals surface area contributed by atoms with Crippen LogP contribution in [0.1, 0.15) is 47.0 Å². The van der Waals surface area contributed by atoms with Crippen LogP contribution >= 0.6 is 11.8 Å². The molecule has 1 heterocycles. The summed E-state index contributed by atoms with van der Waals surface area (Å²) in [7, 11) is 1.74. The first-order valence-corrected chi connectivity index (χ1v) is 7.19. The molecule has 2 nitrogen and oxygen atoms in total. The van der Waals surface area contributed by atoms with Gasteiger partial charge in [0.1, 0.15) is 0 Å². The summed E-state index contributed by atoms with van der Waals surface area (Å²) >= 11 is 1.88. The lowest BCUT2D eigenvalue weighted by molar-refractivity contribution is -0.0331. The van der Waals surface area contributed by atoms with E-state index < -0.39 is 5.60 Å². The van der Waals surface area contributed by atoms with Gasteiger partial charge in [0.25, 0.3) is 0 Å². The Kier molecular flexibility index (Phi) is 4.36. The Bertz CT molecular complexity index is 238. The quantitative estimate of drug-likeness (QED) is 0.826. The number of aliphatic hydroxyl groups is 1. The summed E-state index contributed by atoms with van der Waals surface area (Å²) in [5, 5.41) is 10.6. The highest BCUT2D eigenvalue weighted by Crippen LogP contribution is 2.42. The number of rotatable bonds is 4. The second-order valence-electron chi connectivity index (χ2n) is 6.52. The standard InChI is InChI=1S/C13H26O2S/c1-11(2)8-13(14,10-16-9-11)7-6-12(3,4)15-5/h14H,6-10H2,1-5H3. The lowest BCUT2D eigenvalue weighted by atomic mass is 9.78. The van der Waals surface area contributed by atoms with Crippen molar-refractivity contribution in [2.75, 3.05) is 18.6 Å². The van der Waals surface area contributed by atoms with Crippen LogP contribution in [0.5, 0.6) is 0 Å². The average molecular weight is 246 g/mol. The molecule has 0 saturated carbocycles. The molecule has 96 valence electrons. The lowest BCUT2D eigenvalue weighted by Gasteiger charge is -2.42. The van der Waals surface area contributed by atoms with Gasteiger partial charge in [0, 0.05) is 12.9 Å². The number of thioether (sulfide) groups is 1. The highest BCUT2D eigenvalue weighted by atomic mass is 32.2. The molecule has 1 unspecified atom stereocenters. The van der Waals surface area contributed by atoms with Crippen molar-refractivity contribution in [1.29, 1.82) is 0 Å². The molecular weight excluding hydrogens is 220 g/mol. The van der Waals surface area contributed by atoms with Crippen molar-refractivity contribution in [2.45, 2.75) is 58.2 Å². The summed E-state index contributed by atoms with van der Waals surface area (Å²) in [6.45, 7) is 8.64. The first kappa shape index (κ1) is 14.3. The number of ether oxygens (including phenoxy) is 1. The fourth-order valence-electron chi connectivity index (χ4n) is 2.31. The van der Waals surface area contributed by atoms with Gasteiger partial charge in [-0.25, -0.2) is 0 Å². The van der Waals surface area contributed by atoms with Crippen LogP contribution in [0, 0.1) is 5.41 Å². The molecule has 16 heavy (non-hydrogen) atoms. The van der Waals surface area contributed by atoms with E-state index in [1.54, 1.807) is 7.11 Å². The zero-order valence-electron chi connectivity index (χ0n) is 11.3. The Hall–Kier alpha value is 0.270. The van der Waals surface area contributed by atoms with E-state index in [1.165, 1.54) is 0 Å². The monoisotopic (exact) mass is 246 g/mol.